The van der Waals surface area contributed by atoms with Crippen LogP contribution in [0.3, 0.4) is 0 Å². The number of ether oxygens (including phenoxy) is 1. The first-order valence-electron chi connectivity index (χ1n) is 13.2. The van der Waals surface area contributed by atoms with Crippen LogP contribution in [0.1, 0.15) is 47.3 Å². The minimum atomic E-state index is -0.632. The Morgan fingerprint density at radius 3 is 2.45 bits per heavy atom. The van der Waals surface area contributed by atoms with Gasteiger partial charge in [-0.05, 0) is 67.6 Å². The number of benzene rings is 3. The van der Waals surface area contributed by atoms with Gasteiger partial charge in [0, 0.05) is 23.0 Å². The van der Waals surface area contributed by atoms with E-state index < -0.39 is 11.6 Å². The van der Waals surface area contributed by atoms with Gasteiger partial charge in [0.05, 0.1) is 22.2 Å². The van der Waals surface area contributed by atoms with Gasteiger partial charge in [-0.25, -0.2) is 8.78 Å². The minimum Gasteiger partial charge on any atom is -0.496 e. The third kappa shape index (κ3) is 6.15. The van der Waals surface area contributed by atoms with Crippen LogP contribution in [0.4, 0.5) is 8.78 Å². The van der Waals surface area contributed by atoms with Crippen LogP contribution in [0, 0.1) is 11.6 Å². The number of thiophene rings is 1. The van der Waals surface area contributed by atoms with Crippen LogP contribution in [0.15, 0.2) is 59.5 Å². The first-order valence-corrected chi connectivity index (χ1v) is 15.6. The predicted octanol–water partition coefficient (Wildman–Crippen LogP) is 8.78. The number of halogens is 3. The lowest BCUT2D eigenvalue weighted by Gasteiger charge is -2.34. The lowest BCUT2D eigenvalue weighted by atomic mass is 9.93. The zero-order chi connectivity index (χ0) is 28.8. The molecule has 1 aliphatic carbocycles. The fraction of sp³-hybridized carbons (Fsp3) is 0.323. The van der Waals surface area contributed by atoms with Gasteiger partial charge in [-0.15, -0.1) is 23.1 Å². The summed E-state index contributed by atoms with van der Waals surface area (Å²) < 4.78 is 34.9. The Morgan fingerprint density at radius 1 is 1.07 bits per heavy atom. The molecular formula is C31H33ClF2N2O2S2. The van der Waals surface area contributed by atoms with Gasteiger partial charge in [0.15, 0.2) is 0 Å². The van der Waals surface area contributed by atoms with Crippen LogP contribution in [0.2, 0.25) is 5.02 Å². The molecule has 1 heterocycles. The molecule has 1 fully saturated rings. The molecule has 3 aromatic carbocycles. The highest BCUT2D eigenvalue weighted by atomic mass is 35.5. The van der Waals surface area contributed by atoms with Crippen molar-refractivity contribution >= 4 is 50.7 Å². The van der Waals surface area contributed by atoms with Gasteiger partial charge >= 0.3 is 0 Å². The molecule has 40 heavy (non-hydrogen) atoms. The number of carbonyl (C=O) groups excluding carboxylic acids is 1. The summed E-state index contributed by atoms with van der Waals surface area (Å²) in [4.78, 5) is 17.2. The molecule has 2 N–H and O–H groups in total. The van der Waals surface area contributed by atoms with Crippen LogP contribution in [0.5, 0.6) is 5.75 Å². The maximum atomic E-state index is 14.6. The maximum absolute atomic E-state index is 14.6. The molecule has 9 heteroatoms. The molecule has 0 saturated heterocycles. The average molecular weight is 603 g/mol. The summed E-state index contributed by atoms with van der Waals surface area (Å²) in [5, 5.41) is -0.0562. The van der Waals surface area contributed by atoms with Crippen molar-refractivity contribution < 1.29 is 18.3 Å². The second-order valence-electron chi connectivity index (χ2n) is 9.43. The van der Waals surface area contributed by atoms with Gasteiger partial charge in [0.1, 0.15) is 22.3 Å². The summed E-state index contributed by atoms with van der Waals surface area (Å²) in [6.07, 6.45) is 6.96. The van der Waals surface area contributed by atoms with Crippen molar-refractivity contribution in [3.63, 3.8) is 0 Å². The standard InChI is InChI=1S/C30H28ClF2NO2S2.CH5N/c1-36-24-15-12-18(21-10-6-7-11-25(21)37-2)16-19(24)17-34(20-8-4-3-5-9-20)30(35)29-27(31)26-22(32)13-14-23(33)28(26)38-29;1-2/h6-7,10-16,20H,3-5,8-9,17H2,1-2H3;2H2,1H3. The van der Waals surface area contributed by atoms with Crippen molar-refractivity contribution in [1.29, 1.82) is 0 Å². The van der Waals surface area contributed by atoms with E-state index >= 15 is 0 Å². The van der Waals surface area contributed by atoms with Crippen molar-refractivity contribution in [3.05, 3.63) is 81.7 Å². The van der Waals surface area contributed by atoms with Crippen molar-refractivity contribution in [2.45, 2.75) is 49.6 Å². The quantitative estimate of drug-likeness (QED) is 0.215. The number of nitrogens with zero attached hydrogens (tertiary/aromatic N) is 1. The van der Waals surface area contributed by atoms with E-state index in [-0.39, 0.29) is 31.9 Å². The Labute approximate surface area is 247 Å². The number of methoxy groups -OCH3 is 1. The van der Waals surface area contributed by atoms with Gasteiger partial charge in [-0.1, -0.05) is 55.1 Å². The summed E-state index contributed by atoms with van der Waals surface area (Å²) in [5.41, 5.74) is 7.51. The van der Waals surface area contributed by atoms with Crippen molar-refractivity contribution in [3.8, 4) is 16.9 Å². The second kappa shape index (κ2) is 13.8. The van der Waals surface area contributed by atoms with Crippen LogP contribution >= 0.6 is 34.7 Å². The maximum Gasteiger partial charge on any atom is 0.266 e. The van der Waals surface area contributed by atoms with E-state index in [1.165, 1.54) is 7.05 Å². The highest BCUT2D eigenvalue weighted by molar-refractivity contribution is 7.98. The molecule has 4 aromatic rings. The molecule has 1 saturated carbocycles. The summed E-state index contributed by atoms with van der Waals surface area (Å²) in [5.74, 6) is -0.839. The van der Waals surface area contributed by atoms with Gasteiger partial charge in [-0.2, -0.15) is 0 Å². The smallest absolute Gasteiger partial charge is 0.266 e. The van der Waals surface area contributed by atoms with E-state index in [9.17, 15) is 13.6 Å². The zero-order valence-electron chi connectivity index (χ0n) is 22.8. The largest absolute Gasteiger partial charge is 0.496 e. The second-order valence-corrected chi connectivity index (χ2v) is 11.7. The molecule has 0 unspecified atom stereocenters. The summed E-state index contributed by atoms with van der Waals surface area (Å²) in [6, 6.07) is 16.4. The molecule has 0 aliphatic heterocycles. The first kappa shape index (κ1) is 30.3. The van der Waals surface area contributed by atoms with Gasteiger partial charge in [-0.3, -0.25) is 4.79 Å². The Balaban J connectivity index is 0.00000181. The third-order valence-electron chi connectivity index (χ3n) is 7.19. The van der Waals surface area contributed by atoms with E-state index in [1.807, 2.05) is 35.4 Å². The van der Waals surface area contributed by atoms with Crippen molar-refractivity contribution in [2.75, 3.05) is 20.4 Å². The Morgan fingerprint density at radius 2 is 1.77 bits per heavy atom. The van der Waals surface area contributed by atoms with Gasteiger partial charge in [0.2, 0.25) is 0 Å². The molecule has 1 aliphatic rings. The van der Waals surface area contributed by atoms with Crippen LogP contribution < -0.4 is 10.5 Å². The average Bonchev–Trinajstić information content (AvgIpc) is 3.37. The molecule has 0 radical (unpaired) electrons. The van der Waals surface area contributed by atoms with Crippen LogP contribution in [-0.2, 0) is 6.54 Å². The Bertz CT molecular complexity index is 1490. The zero-order valence-corrected chi connectivity index (χ0v) is 25.2. The lowest BCUT2D eigenvalue weighted by Crippen LogP contribution is -2.40. The number of amides is 1. The summed E-state index contributed by atoms with van der Waals surface area (Å²) in [6.45, 7) is 0.303. The lowest BCUT2D eigenvalue weighted by molar-refractivity contribution is 0.0618. The Hall–Kier alpha value is -2.65. The van der Waals surface area contributed by atoms with E-state index in [0.717, 1.165) is 77.2 Å². The number of nitrogens with two attached hydrogens (primary N) is 1. The number of thioether (sulfide) groups is 1. The number of hydrogen-bond acceptors (Lipinski definition) is 5. The number of carbonyl (C=O) groups is 1. The number of hydrogen-bond donors (Lipinski definition) is 1. The van der Waals surface area contributed by atoms with E-state index in [4.69, 9.17) is 16.3 Å². The highest BCUT2D eigenvalue weighted by Crippen LogP contribution is 2.41. The number of rotatable bonds is 7. The monoisotopic (exact) mass is 602 g/mol. The molecule has 0 spiro atoms. The molecule has 1 amide bonds. The topological polar surface area (TPSA) is 55.6 Å². The van der Waals surface area contributed by atoms with Crippen LogP contribution in [0.25, 0.3) is 21.2 Å². The van der Waals surface area contributed by atoms with Gasteiger partial charge < -0.3 is 15.4 Å². The first-order chi connectivity index (χ1) is 19.4. The molecule has 4 nitrogen and oxygen atoms in total. The molecule has 5 rings (SSSR count). The molecule has 0 atom stereocenters. The van der Waals surface area contributed by atoms with E-state index in [1.54, 1.807) is 18.9 Å². The minimum absolute atomic E-state index is 0.000862. The van der Waals surface area contributed by atoms with E-state index in [2.05, 4.69) is 23.9 Å². The normalized spacial score (nSPS) is 13.6. The fourth-order valence-corrected chi connectivity index (χ4v) is 7.39. The molecule has 1 aromatic heterocycles. The van der Waals surface area contributed by atoms with Gasteiger partial charge in [0.25, 0.3) is 5.91 Å². The molecular weight excluding hydrogens is 570 g/mol. The SMILES string of the molecule is CN.COc1ccc(-c2ccccc2SC)cc1CN(C(=O)c1sc2c(F)ccc(F)c2c1Cl)C1CCCCC1. The summed E-state index contributed by atoms with van der Waals surface area (Å²) >= 11 is 9.14. The third-order valence-corrected chi connectivity index (χ3v) is 9.66. The Kier molecular flexibility index (Phi) is 10.5. The van der Waals surface area contributed by atoms with Crippen molar-refractivity contribution in [1.82, 2.24) is 4.90 Å². The molecule has 0 bridgehead atoms. The van der Waals surface area contributed by atoms with Crippen molar-refractivity contribution in [2.24, 2.45) is 5.73 Å². The van der Waals surface area contributed by atoms with Crippen LogP contribution in [-0.4, -0.2) is 37.3 Å². The predicted molar refractivity (Wildman–Crippen MR) is 164 cm³/mol. The highest BCUT2D eigenvalue weighted by Gasteiger charge is 2.31. The fourth-order valence-electron chi connectivity index (χ4n) is 5.26. The molecule has 212 valence electrons. The summed E-state index contributed by atoms with van der Waals surface area (Å²) in [7, 11) is 3.12. The van der Waals surface area contributed by atoms with E-state index in [0.29, 0.717) is 12.3 Å². The number of fused-ring (bicyclic) bond motifs is 1.